The third-order valence-electron chi connectivity index (χ3n) is 1.60. The van der Waals surface area contributed by atoms with E-state index in [0.717, 1.165) is 6.42 Å². The van der Waals surface area contributed by atoms with Crippen molar-refractivity contribution >= 4 is 5.84 Å². The minimum Gasteiger partial charge on any atom is -0.388 e. The fraction of sp³-hybridized carbons (Fsp3) is 0.625. The first-order valence-corrected chi connectivity index (χ1v) is 3.75. The zero-order valence-electron chi connectivity index (χ0n) is 6.38. The average molecular weight is 138 g/mol. The first kappa shape index (κ1) is 7.32. The molecule has 2 N–H and O–H groups in total. The van der Waals surface area contributed by atoms with Crippen molar-refractivity contribution in [3.8, 4) is 0 Å². The van der Waals surface area contributed by atoms with E-state index in [0.29, 0.717) is 11.9 Å². The maximum atomic E-state index is 5.44. The summed E-state index contributed by atoms with van der Waals surface area (Å²) in [6, 6.07) is 0.360. The number of hydrogen-bond donors (Lipinski definition) is 1. The molecule has 0 aromatic rings. The highest BCUT2D eigenvalue weighted by atomic mass is 14.9. The van der Waals surface area contributed by atoms with E-state index >= 15 is 0 Å². The highest BCUT2D eigenvalue weighted by molar-refractivity contribution is 5.77. The van der Waals surface area contributed by atoms with Crippen molar-refractivity contribution in [1.29, 1.82) is 0 Å². The highest BCUT2D eigenvalue weighted by Crippen LogP contribution is 2.12. The van der Waals surface area contributed by atoms with Crippen LogP contribution in [0, 0.1) is 0 Å². The van der Waals surface area contributed by atoms with Crippen LogP contribution >= 0.6 is 0 Å². The van der Waals surface area contributed by atoms with Gasteiger partial charge in [0.2, 0.25) is 0 Å². The Morgan fingerprint density at radius 2 is 2.50 bits per heavy atom. The smallest absolute Gasteiger partial charge is 0.0912 e. The fourth-order valence-corrected chi connectivity index (χ4v) is 1.16. The van der Waals surface area contributed by atoms with Gasteiger partial charge in [-0.15, -0.1) is 0 Å². The lowest BCUT2D eigenvalue weighted by molar-refractivity contribution is 0.646. The normalized spacial score (nSPS) is 26.9. The van der Waals surface area contributed by atoms with Gasteiger partial charge in [-0.25, -0.2) is 0 Å². The van der Waals surface area contributed by atoms with Crippen LogP contribution in [0.2, 0.25) is 0 Å². The van der Waals surface area contributed by atoms with E-state index in [2.05, 4.69) is 17.1 Å². The van der Waals surface area contributed by atoms with Crippen molar-refractivity contribution in [2.24, 2.45) is 10.7 Å². The molecule has 0 amide bonds. The molecule has 56 valence electrons. The lowest BCUT2D eigenvalue weighted by atomic mass is 10.0. The Morgan fingerprint density at radius 1 is 1.70 bits per heavy atom. The van der Waals surface area contributed by atoms with E-state index in [9.17, 15) is 0 Å². The van der Waals surface area contributed by atoms with Crippen molar-refractivity contribution in [2.45, 2.75) is 32.2 Å². The SMILES string of the molecule is CC(N)=NC1C=CCCC1. The van der Waals surface area contributed by atoms with Gasteiger partial charge in [0.1, 0.15) is 0 Å². The summed E-state index contributed by atoms with van der Waals surface area (Å²) in [7, 11) is 0. The van der Waals surface area contributed by atoms with Gasteiger partial charge in [0.15, 0.2) is 0 Å². The Morgan fingerprint density at radius 3 is 3.00 bits per heavy atom. The minimum atomic E-state index is 0.360. The molecular weight excluding hydrogens is 124 g/mol. The van der Waals surface area contributed by atoms with Gasteiger partial charge < -0.3 is 5.73 Å². The maximum absolute atomic E-state index is 5.44. The van der Waals surface area contributed by atoms with Crippen LogP contribution in [0.4, 0.5) is 0 Å². The van der Waals surface area contributed by atoms with Gasteiger partial charge in [0.05, 0.1) is 11.9 Å². The summed E-state index contributed by atoms with van der Waals surface area (Å²) >= 11 is 0. The molecule has 0 aromatic carbocycles. The van der Waals surface area contributed by atoms with Gasteiger partial charge in [-0.05, 0) is 26.2 Å². The van der Waals surface area contributed by atoms with Crippen LogP contribution in [-0.4, -0.2) is 11.9 Å². The second-order valence-corrected chi connectivity index (χ2v) is 2.70. The van der Waals surface area contributed by atoms with Crippen LogP contribution in [0.5, 0.6) is 0 Å². The molecule has 0 saturated heterocycles. The summed E-state index contributed by atoms with van der Waals surface area (Å²) in [5.74, 6) is 0.691. The van der Waals surface area contributed by atoms with Gasteiger partial charge in [-0.3, -0.25) is 4.99 Å². The zero-order valence-corrected chi connectivity index (χ0v) is 6.38. The van der Waals surface area contributed by atoms with Crippen LogP contribution < -0.4 is 5.73 Å². The summed E-state index contributed by atoms with van der Waals surface area (Å²) in [5.41, 5.74) is 5.44. The maximum Gasteiger partial charge on any atom is 0.0912 e. The van der Waals surface area contributed by atoms with E-state index in [1.807, 2.05) is 6.92 Å². The number of nitrogens with two attached hydrogens (primary N) is 1. The predicted molar refractivity (Wildman–Crippen MR) is 44.1 cm³/mol. The van der Waals surface area contributed by atoms with E-state index in [1.165, 1.54) is 12.8 Å². The number of aliphatic imine (C=N–C) groups is 1. The standard InChI is InChI=1S/C8H14N2/c1-7(9)10-8-5-3-2-4-6-8/h3,5,8H,2,4,6H2,1H3,(H2,9,10). The summed E-state index contributed by atoms with van der Waals surface area (Å²) < 4.78 is 0. The molecule has 0 spiro atoms. The Hall–Kier alpha value is -0.790. The topological polar surface area (TPSA) is 38.4 Å². The molecule has 0 radical (unpaired) electrons. The fourth-order valence-electron chi connectivity index (χ4n) is 1.16. The number of nitrogens with zero attached hydrogens (tertiary/aromatic N) is 1. The summed E-state index contributed by atoms with van der Waals surface area (Å²) in [6.07, 6.45) is 7.93. The zero-order chi connectivity index (χ0) is 7.40. The van der Waals surface area contributed by atoms with E-state index in [1.54, 1.807) is 0 Å². The molecule has 0 bridgehead atoms. The number of rotatable bonds is 1. The van der Waals surface area contributed by atoms with Gasteiger partial charge in [-0.2, -0.15) is 0 Å². The predicted octanol–water partition coefficient (Wildman–Crippen LogP) is 1.47. The van der Waals surface area contributed by atoms with Gasteiger partial charge in [-0.1, -0.05) is 12.2 Å². The quantitative estimate of drug-likeness (QED) is 0.332. The number of hydrogen-bond acceptors (Lipinski definition) is 1. The molecule has 1 aliphatic rings. The first-order valence-electron chi connectivity index (χ1n) is 3.75. The van der Waals surface area contributed by atoms with Gasteiger partial charge in [0.25, 0.3) is 0 Å². The molecule has 0 heterocycles. The molecular formula is C8H14N2. The molecule has 1 atom stereocenters. The molecule has 0 fully saturated rings. The molecule has 2 heteroatoms. The van der Waals surface area contributed by atoms with Gasteiger partial charge in [0, 0.05) is 0 Å². The van der Waals surface area contributed by atoms with Crippen molar-refractivity contribution < 1.29 is 0 Å². The van der Waals surface area contributed by atoms with Crippen LogP contribution in [0.1, 0.15) is 26.2 Å². The Balaban J connectivity index is 2.48. The van der Waals surface area contributed by atoms with Crippen LogP contribution in [0.15, 0.2) is 17.1 Å². The number of amidine groups is 1. The van der Waals surface area contributed by atoms with Crippen LogP contribution in [0.25, 0.3) is 0 Å². The second kappa shape index (κ2) is 3.40. The van der Waals surface area contributed by atoms with Crippen molar-refractivity contribution in [3.05, 3.63) is 12.2 Å². The molecule has 1 unspecified atom stereocenters. The van der Waals surface area contributed by atoms with Crippen molar-refractivity contribution in [1.82, 2.24) is 0 Å². The largest absolute Gasteiger partial charge is 0.388 e. The van der Waals surface area contributed by atoms with Crippen molar-refractivity contribution in [2.75, 3.05) is 0 Å². The third kappa shape index (κ3) is 2.21. The third-order valence-corrected chi connectivity index (χ3v) is 1.60. The molecule has 1 aliphatic carbocycles. The molecule has 0 aliphatic heterocycles. The molecule has 10 heavy (non-hydrogen) atoms. The molecule has 1 rings (SSSR count). The Kier molecular flexibility index (Phi) is 2.49. The highest BCUT2D eigenvalue weighted by Gasteiger charge is 2.04. The molecule has 0 aromatic heterocycles. The summed E-state index contributed by atoms with van der Waals surface area (Å²) in [5, 5.41) is 0. The summed E-state index contributed by atoms with van der Waals surface area (Å²) in [4.78, 5) is 4.24. The average Bonchev–Trinajstić information content (AvgIpc) is 1.88. The van der Waals surface area contributed by atoms with Crippen molar-refractivity contribution in [3.63, 3.8) is 0 Å². The van der Waals surface area contributed by atoms with Gasteiger partial charge >= 0.3 is 0 Å². The lowest BCUT2D eigenvalue weighted by Gasteiger charge is -2.11. The molecule has 0 saturated carbocycles. The number of allylic oxidation sites excluding steroid dienone is 1. The Bertz CT molecular complexity index is 155. The van der Waals surface area contributed by atoms with E-state index < -0.39 is 0 Å². The first-order chi connectivity index (χ1) is 4.79. The Labute approximate surface area is 61.8 Å². The van der Waals surface area contributed by atoms with E-state index in [-0.39, 0.29) is 0 Å². The minimum absolute atomic E-state index is 0.360. The summed E-state index contributed by atoms with van der Waals surface area (Å²) in [6.45, 7) is 1.84. The van der Waals surface area contributed by atoms with E-state index in [4.69, 9.17) is 5.73 Å². The van der Waals surface area contributed by atoms with Crippen LogP contribution in [-0.2, 0) is 0 Å². The molecule has 2 nitrogen and oxygen atoms in total. The van der Waals surface area contributed by atoms with Crippen LogP contribution in [0.3, 0.4) is 0 Å². The lowest BCUT2D eigenvalue weighted by Crippen LogP contribution is -2.12. The monoisotopic (exact) mass is 138 g/mol. The second-order valence-electron chi connectivity index (χ2n) is 2.70.